The lowest BCUT2D eigenvalue weighted by Crippen LogP contribution is -2.32. The zero-order valence-electron chi connectivity index (χ0n) is 13.3. The van der Waals surface area contributed by atoms with Gasteiger partial charge in [0, 0.05) is 5.41 Å². The topological polar surface area (TPSA) is 29.5 Å². The van der Waals surface area contributed by atoms with Gasteiger partial charge in [0.2, 0.25) is 0 Å². The molecular formula is C19H24O2. The average Bonchev–Trinajstić information content (AvgIpc) is 2.48. The highest BCUT2D eigenvalue weighted by molar-refractivity contribution is 5.40. The third kappa shape index (κ3) is 3.64. The quantitative estimate of drug-likeness (QED) is 0.893. The Kier molecular flexibility index (Phi) is 4.38. The van der Waals surface area contributed by atoms with Gasteiger partial charge in [-0.05, 0) is 37.1 Å². The SMILES string of the molecule is CC(C)(CO)Oc1ccc(C(C)(C)c2ccccc2)cc1. The fourth-order valence-electron chi connectivity index (χ4n) is 2.31. The summed E-state index contributed by atoms with van der Waals surface area (Å²) in [6.45, 7) is 8.17. The molecule has 0 radical (unpaired) electrons. The molecule has 0 saturated heterocycles. The fraction of sp³-hybridized carbons (Fsp3) is 0.368. The van der Waals surface area contributed by atoms with Crippen molar-refractivity contribution in [2.75, 3.05) is 6.61 Å². The molecule has 0 atom stereocenters. The van der Waals surface area contributed by atoms with Gasteiger partial charge in [-0.2, -0.15) is 0 Å². The number of benzene rings is 2. The van der Waals surface area contributed by atoms with Gasteiger partial charge in [0.05, 0.1) is 6.61 Å². The highest BCUT2D eigenvalue weighted by atomic mass is 16.5. The zero-order valence-corrected chi connectivity index (χ0v) is 13.3. The van der Waals surface area contributed by atoms with Crippen LogP contribution in [0.3, 0.4) is 0 Å². The molecule has 0 amide bonds. The van der Waals surface area contributed by atoms with E-state index in [-0.39, 0.29) is 12.0 Å². The average molecular weight is 284 g/mol. The molecule has 0 aromatic heterocycles. The first kappa shape index (κ1) is 15.6. The van der Waals surface area contributed by atoms with E-state index in [1.807, 2.05) is 32.0 Å². The summed E-state index contributed by atoms with van der Waals surface area (Å²) in [5, 5.41) is 9.26. The highest BCUT2D eigenvalue weighted by Gasteiger charge is 2.23. The molecule has 21 heavy (non-hydrogen) atoms. The molecule has 2 rings (SSSR count). The molecule has 112 valence electrons. The van der Waals surface area contributed by atoms with Crippen LogP contribution in [-0.4, -0.2) is 17.3 Å². The molecule has 1 N–H and O–H groups in total. The van der Waals surface area contributed by atoms with Crippen molar-refractivity contribution in [2.45, 2.75) is 38.7 Å². The molecule has 0 spiro atoms. The monoisotopic (exact) mass is 284 g/mol. The molecule has 0 unspecified atom stereocenters. The van der Waals surface area contributed by atoms with Crippen molar-refractivity contribution in [3.05, 3.63) is 65.7 Å². The molecule has 0 fully saturated rings. The molecular weight excluding hydrogens is 260 g/mol. The lowest BCUT2D eigenvalue weighted by molar-refractivity contribution is 0.0412. The number of hydrogen-bond acceptors (Lipinski definition) is 2. The van der Waals surface area contributed by atoms with Crippen molar-refractivity contribution >= 4 is 0 Å². The van der Waals surface area contributed by atoms with E-state index in [1.165, 1.54) is 11.1 Å². The van der Waals surface area contributed by atoms with E-state index in [0.29, 0.717) is 0 Å². The minimum atomic E-state index is -0.559. The molecule has 0 aliphatic carbocycles. The summed E-state index contributed by atoms with van der Waals surface area (Å²) in [6.07, 6.45) is 0. The van der Waals surface area contributed by atoms with Crippen LogP contribution in [0, 0.1) is 0 Å². The van der Waals surface area contributed by atoms with E-state index >= 15 is 0 Å². The van der Waals surface area contributed by atoms with Crippen LogP contribution in [0.25, 0.3) is 0 Å². The van der Waals surface area contributed by atoms with E-state index < -0.39 is 5.60 Å². The van der Waals surface area contributed by atoms with Gasteiger partial charge in [-0.1, -0.05) is 56.3 Å². The number of aliphatic hydroxyl groups is 1. The van der Waals surface area contributed by atoms with Gasteiger partial charge < -0.3 is 9.84 Å². The van der Waals surface area contributed by atoms with E-state index in [9.17, 15) is 5.11 Å². The van der Waals surface area contributed by atoms with Crippen molar-refractivity contribution in [2.24, 2.45) is 0 Å². The maximum Gasteiger partial charge on any atom is 0.126 e. The van der Waals surface area contributed by atoms with Gasteiger partial charge >= 0.3 is 0 Å². The van der Waals surface area contributed by atoms with Crippen LogP contribution in [0.2, 0.25) is 0 Å². The first-order valence-electron chi connectivity index (χ1n) is 7.31. The number of ether oxygens (including phenoxy) is 1. The minimum absolute atomic E-state index is 0.00966. The van der Waals surface area contributed by atoms with E-state index in [1.54, 1.807) is 0 Å². The Balaban J connectivity index is 2.23. The van der Waals surface area contributed by atoms with Gasteiger partial charge in [0.15, 0.2) is 0 Å². The largest absolute Gasteiger partial charge is 0.485 e. The lowest BCUT2D eigenvalue weighted by Gasteiger charge is -2.27. The van der Waals surface area contributed by atoms with Crippen LogP contribution < -0.4 is 4.74 Å². The second-order valence-corrected chi connectivity index (χ2v) is 6.54. The number of rotatable bonds is 5. The van der Waals surface area contributed by atoms with Gasteiger partial charge in [-0.15, -0.1) is 0 Å². The summed E-state index contributed by atoms with van der Waals surface area (Å²) in [5.74, 6) is 0.779. The van der Waals surface area contributed by atoms with Crippen LogP contribution in [0.1, 0.15) is 38.8 Å². The normalized spacial score (nSPS) is 12.2. The molecule has 0 bridgehead atoms. The Labute approximate surface area is 127 Å². The van der Waals surface area contributed by atoms with Crippen LogP contribution in [0.4, 0.5) is 0 Å². The maximum absolute atomic E-state index is 9.26. The fourth-order valence-corrected chi connectivity index (χ4v) is 2.31. The summed E-state index contributed by atoms with van der Waals surface area (Å²) in [6, 6.07) is 18.6. The maximum atomic E-state index is 9.26. The third-order valence-corrected chi connectivity index (χ3v) is 3.85. The predicted octanol–water partition coefficient (Wildman–Crippen LogP) is 4.16. The molecule has 0 heterocycles. The van der Waals surface area contributed by atoms with Crippen molar-refractivity contribution < 1.29 is 9.84 Å². The second-order valence-electron chi connectivity index (χ2n) is 6.54. The molecule has 2 aromatic rings. The van der Waals surface area contributed by atoms with Crippen LogP contribution in [0.5, 0.6) is 5.75 Å². The third-order valence-electron chi connectivity index (χ3n) is 3.85. The van der Waals surface area contributed by atoms with Crippen LogP contribution >= 0.6 is 0 Å². The first-order chi connectivity index (χ1) is 9.85. The van der Waals surface area contributed by atoms with Gasteiger partial charge in [0.1, 0.15) is 11.4 Å². The number of hydrogen-bond donors (Lipinski definition) is 1. The zero-order chi connectivity index (χ0) is 15.5. The Morgan fingerprint density at radius 2 is 1.33 bits per heavy atom. The Hall–Kier alpha value is -1.80. The van der Waals surface area contributed by atoms with Gasteiger partial charge in [-0.25, -0.2) is 0 Å². The van der Waals surface area contributed by atoms with Gasteiger partial charge in [-0.3, -0.25) is 0 Å². The van der Waals surface area contributed by atoms with Crippen LogP contribution in [0.15, 0.2) is 54.6 Å². The Morgan fingerprint density at radius 1 is 0.810 bits per heavy atom. The summed E-state index contributed by atoms with van der Waals surface area (Å²) >= 11 is 0. The first-order valence-corrected chi connectivity index (χ1v) is 7.31. The van der Waals surface area contributed by atoms with Gasteiger partial charge in [0.25, 0.3) is 0 Å². The van der Waals surface area contributed by atoms with E-state index in [0.717, 1.165) is 5.75 Å². The minimum Gasteiger partial charge on any atom is -0.485 e. The molecule has 0 aliphatic rings. The summed E-state index contributed by atoms with van der Waals surface area (Å²) in [5.41, 5.74) is 1.92. The van der Waals surface area contributed by atoms with Crippen molar-refractivity contribution in [1.29, 1.82) is 0 Å². The molecule has 2 heteroatoms. The van der Waals surface area contributed by atoms with E-state index in [4.69, 9.17) is 4.74 Å². The summed E-state index contributed by atoms with van der Waals surface area (Å²) in [4.78, 5) is 0. The molecule has 2 nitrogen and oxygen atoms in total. The lowest BCUT2D eigenvalue weighted by atomic mass is 9.78. The van der Waals surface area contributed by atoms with E-state index in [2.05, 4.69) is 50.2 Å². The Morgan fingerprint density at radius 3 is 1.86 bits per heavy atom. The van der Waals surface area contributed by atoms with Crippen molar-refractivity contribution in [3.63, 3.8) is 0 Å². The van der Waals surface area contributed by atoms with Crippen molar-refractivity contribution in [3.8, 4) is 5.75 Å². The van der Waals surface area contributed by atoms with Crippen LogP contribution in [-0.2, 0) is 5.41 Å². The predicted molar refractivity (Wildman–Crippen MR) is 86.8 cm³/mol. The molecule has 2 aromatic carbocycles. The summed E-state index contributed by atoms with van der Waals surface area (Å²) < 4.78 is 5.77. The number of aliphatic hydroxyl groups excluding tert-OH is 1. The summed E-state index contributed by atoms with van der Waals surface area (Å²) in [7, 11) is 0. The highest BCUT2D eigenvalue weighted by Crippen LogP contribution is 2.32. The second kappa shape index (κ2) is 5.90. The molecule has 0 aliphatic heterocycles. The Bertz CT molecular complexity index is 568. The smallest absolute Gasteiger partial charge is 0.126 e. The van der Waals surface area contributed by atoms with Crippen molar-refractivity contribution in [1.82, 2.24) is 0 Å². The standard InChI is InChI=1S/C19H24O2/c1-18(2,14-20)21-17-12-10-16(11-13-17)19(3,4)15-8-6-5-7-9-15/h5-13,20H,14H2,1-4H3. The molecule has 0 saturated carbocycles.